The summed E-state index contributed by atoms with van der Waals surface area (Å²) in [5.41, 5.74) is 4.10. The van der Waals surface area contributed by atoms with Gasteiger partial charge in [0.2, 0.25) is 5.91 Å². The van der Waals surface area contributed by atoms with Crippen molar-refractivity contribution >= 4 is 11.9 Å². The third-order valence-electron chi connectivity index (χ3n) is 9.19. The van der Waals surface area contributed by atoms with E-state index in [2.05, 4.69) is 49.4 Å². The number of benzene rings is 3. The summed E-state index contributed by atoms with van der Waals surface area (Å²) in [5, 5.41) is 10.9. The highest BCUT2D eigenvalue weighted by atomic mass is 16.5. The van der Waals surface area contributed by atoms with Gasteiger partial charge in [-0.3, -0.25) is 9.59 Å². The molecule has 5 heteroatoms. The van der Waals surface area contributed by atoms with Crippen molar-refractivity contribution in [1.82, 2.24) is 4.90 Å². The molecule has 5 nitrogen and oxygen atoms in total. The van der Waals surface area contributed by atoms with Crippen LogP contribution in [0.4, 0.5) is 0 Å². The molecule has 1 aliphatic heterocycles. The molecule has 0 aromatic heterocycles. The number of para-hydroxylation sites is 1. The summed E-state index contributed by atoms with van der Waals surface area (Å²) >= 11 is 0. The largest absolute Gasteiger partial charge is 0.496 e. The Morgan fingerprint density at radius 2 is 1.75 bits per heavy atom. The van der Waals surface area contributed by atoms with Crippen molar-refractivity contribution in [2.45, 2.75) is 37.5 Å². The van der Waals surface area contributed by atoms with Crippen LogP contribution in [0, 0.1) is 18.3 Å². The average molecular weight is 482 g/mol. The molecule has 3 aromatic carbocycles. The lowest BCUT2D eigenvalue weighted by molar-refractivity contribution is -0.157. The van der Waals surface area contributed by atoms with E-state index in [9.17, 15) is 14.7 Å². The van der Waals surface area contributed by atoms with Crippen LogP contribution in [-0.4, -0.2) is 42.1 Å². The molecule has 0 spiro atoms. The highest BCUT2D eigenvalue weighted by Gasteiger charge is 2.70. The van der Waals surface area contributed by atoms with Crippen LogP contribution in [0.25, 0.3) is 0 Å². The summed E-state index contributed by atoms with van der Waals surface area (Å²) in [4.78, 5) is 28.7. The molecule has 1 saturated carbocycles. The van der Waals surface area contributed by atoms with Crippen LogP contribution in [0.2, 0.25) is 0 Å². The summed E-state index contributed by atoms with van der Waals surface area (Å²) in [6.07, 6.45) is 1.90. The number of hydrogen-bond donors (Lipinski definition) is 1. The number of likely N-dealkylation sites (tertiary alicyclic amines) is 1. The number of rotatable bonds is 5. The molecule has 2 bridgehead atoms. The van der Waals surface area contributed by atoms with Gasteiger partial charge in [-0.15, -0.1) is 0 Å². The number of methoxy groups -OCH3 is 1. The molecule has 36 heavy (non-hydrogen) atoms. The number of hydrogen-bond acceptors (Lipinski definition) is 3. The first-order chi connectivity index (χ1) is 17.4. The highest BCUT2D eigenvalue weighted by molar-refractivity contribution is 5.85. The molecule has 184 valence electrons. The number of ether oxygens (including phenoxy) is 1. The molecule has 4 aliphatic rings. The van der Waals surface area contributed by atoms with Crippen molar-refractivity contribution in [1.29, 1.82) is 0 Å². The number of aliphatic carboxylic acids is 1. The first-order valence-electron chi connectivity index (χ1n) is 12.7. The number of carbonyl (C=O) groups is 2. The van der Waals surface area contributed by atoms with E-state index in [0.717, 1.165) is 29.5 Å². The van der Waals surface area contributed by atoms with Crippen LogP contribution >= 0.6 is 0 Å². The third kappa shape index (κ3) is 3.01. The molecule has 2 fully saturated rings. The Labute approximate surface area is 211 Å². The zero-order valence-corrected chi connectivity index (χ0v) is 20.7. The zero-order chi connectivity index (χ0) is 25.1. The van der Waals surface area contributed by atoms with Crippen molar-refractivity contribution < 1.29 is 19.4 Å². The number of aryl methyl sites for hydroxylation is 1. The number of carbonyl (C=O) groups excluding carboxylic acids is 1. The fourth-order valence-corrected chi connectivity index (χ4v) is 7.62. The molecular formula is C31H31NO4. The Hall–Kier alpha value is -3.60. The van der Waals surface area contributed by atoms with Crippen molar-refractivity contribution in [3.05, 3.63) is 101 Å². The van der Waals surface area contributed by atoms with Crippen LogP contribution in [0.15, 0.2) is 72.8 Å². The maximum absolute atomic E-state index is 13.7. The van der Waals surface area contributed by atoms with Crippen LogP contribution in [-0.2, 0) is 21.4 Å². The normalized spacial score (nSPS) is 27.9. The van der Waals surface area contributed by atoms with Crippen LogP contribution < -0.4 is 4.74 Å². The van der Waals surface area contributed by atoms with Gasteiger partial charge in [0.1, 0.15) is 5.75 Å². The maximum atomic E-state index is 13.7. The summed E-state index contributed by atoms with van der Waals surface area (Å²) in [7, 11) is 1.60. The minimum Gasteiger partial charge on any atom is -0.496 e. The van der Waals surface area contributed by atoms with Crippen molar-refractivity contribution in [2.24, 2.45) is 11.3 Å². The van der Waals surface area contributed by atoms with Gasteiger partial charge in [0.05, 0.1) is 18.9 Å². The van der Waals surface area contributed by atoms with Gasteiger partial charge in [-0.05, 0) is 42.5 Å². The summed E-state index contributed by atoms with van der Waals surface area (Å²) < 4.78 is 5.47. The van der Waals surface area contributed by atoms with E-state index in [-0.39, 0.29) is 30.7 Å². The van der Waals surface area contributed by atoms with E-state index >= 15 is 0 Å². The molecule has 1 saturated heterocycles. The molecule has 4 unspecified atom stereocenters. The topological polar surface area (TPSA) is 66.8 Å². The third-order valence-corrected chi connectivity index (χ3v) is 9.19. The second-order valence-electron chi connectivity index (χ2n) is 10.7. The Morgan fingerprint density at radius 3 is 2.50 bits per heavy atom. The predicted molar refractivity (Wildman–Crippen MR) is 137 cm³/mol. The minimum absolute atomic E-state index is 0.0444. The molecule has 7 rings (SSSR count). The van der Waals surface area contributed by atoms with E-state index in [4.69, 9.17) is 4.74 Å². The van der Waals surface area contributed by atoms with Crippen LogP contribution in [0.1, 0.15) is 46.6 Å². The van der Waals surface area contributed by atoms with Gasteiger partial charge in [0.25, 0.3) is 0 Å². The molecule has 1 N–H and O–H groups in total. The molecule has 3 aromatic rings. The molecule has 1 amide bonds. The predicted octanol–water partition coefficient (Wildman–Crippen LogP) is 4.95. The summed E-state index contributed by atoms with van der Waals surface area (Å²) in [6.45, 7) is 2.76. The van der Waals surface area contributed by atoms with Gasteiger partial charge in [-0.25, -0.2) is 0 Å². The smallest absolute Gasteiger partial charge is 0.312 e. The van der Waals surface area contributed by atoms with E-state index in [0.29, 0.717) is 12.3 Å². The zero-order valence-electron chi connectivity index (χ0n) is 20.7. The molecular weight excluding hydrogens is 450 g/mol. The summed E-state index contributed by atoms with van der Waals surface area (Å²) in [6, 6.07) is 24.5. The van der Waals surface area contributed by atoms with Crippen LogP contribution in [0.5, 0.6) is 5.75 Å². The first kappa shape index (κ1) is 22.8. The number of amides is 1. The number of nitrogens with zero attached hydrogens (tertiary/aromatic N) is 1. The maximum Gasteiger partial charge on any atom is 0.312 e. The molecule has 1 heterocycles. The SMILES string of the molecule is COc1ccccc1CC(=O)N1CC2C3(c4ccc(C)cc4)CCC(c4ccccc43)C2(C(=O)O)C1. The molecule has 3 aliphatic carbocycles. The van der Waals surface area contributed by atoms with Gasteiger partial charge in [-0.1, -0.05) is 72.3 Å². The number of fused-ring (bicyclic) bond motifs is 1. The average Bonchev–Trinajstić information content (AvgIpc) is 3.34. The molecule has 4 atom stereocenters. The standard InChI is InChI=1S/C31H31NO4/c1-20-11-13-22(14-12-20)30-16-15-25(23-8-4-5-9-24(23)30)31(29(34)35)19-32(18-27(30)31)28(33)17-21-7-3-6-10-26(21)36-2/h3-14,25,27H,15-19H2,1-2H3,(H,34,35). The number of carboxylic acids is 1. The highest BCUT2D eigenvalue weighted by Crippen LogP contribution is 2.68. The van der Waals surface area contributed by atoms with E-state index in [1.165, 1.54) is 11.1 Å². The fraction of sp³-hybridized carbons (Fsp3) is 0.355. The van der Waals surface area contributed by atoms with Gasteiger partial charge < -0.3 is 14.7 Å². The minimum atomic E-state index is -1.01. The Balaban J connectivity index is 1.47. The van der Waals surface area contributed by atoms with Crippen LogP contribution in [0.3, 0.4) is 0 Å². The Bertz CT molecular complexity index is 1350. The van der Waals surface area contributed by atoms with Gasteiger partial charge in [0.15, 0.2) is 0 Å². The quantitative estimate of drug-likeness (QED) is 0.560. The lowest BCUT2D eigenvalue weighted by Crippen LogP contribution is -2.60. The van der Waals surface area contributed by atoms with E-state index < -0.39 is 16.8 Å². The van der Waals surface area contributed by atoms with Crippen molar-refractivity contribution in [3.63, 3.8) is 0 Å². The van der Waals surface area contributed by atoms with Crippen molar-refractivity contribution in [2.75, 3.05) is 20.2 Å². The Morgan fingerprint density at radius 1 is 1.03 bits per heavy atom. The van der Waals surface area contributed by atoms with Crippen molar-refractivity contribution in [3.8, 4) is 5.75 Å². The van der Waals surface area contributed by atoms with E-state index in [1.807, 2.05) is 35.2 Å². The second-order valence-corrected chi connectivity index (χ2v) is 10.7. The number of carboxylic acid groups (broad SMARTS) is 1. The van der Waals surface area contributed by atoms with Gasteiger partial charge in [0, 0.05) is 35.9 Å². The Kier molecular flexibility index (Phi) is 5.22. The molecule has 0 radical (unpaired) electrons. The first-order valence-corrected chi connectivity index (χ1v) is 12.7. The van der Waals surface area contributed by atoms with Gasteiger partial charge >= 0.3 is 5.97 Å². The lowest BCUT2D eigenvalue weighted by atomic mass is 9.42. The monoisotopic (exact) mass is 481 g/mol. The fourth-order valence-electron chi connectivity index (χ4n) is 7.62. The van der Waals surface area contributed by atoms with E-state index in [1.54, 1.807) is 7.11 Å². The second kappa shape index (κ2) is 8.22. The summed E-state index contributed by atoms with van der Waals surface area (Å²) in [5.74, 6) is -0.445. The van der Waals surface area contributed by atoms with Gasteiger partial charge in [-0.2, -0.15) is 0 Å². The lowest BCUT2D eigenvalue weighted by Gasteiger charge is -2.59.